The Labute approximate surface area is 131 Å². The molecule has 22 heavy (non-hydrogen) atoms. The molecule has 0 radical (unpaired) electrons. The van der Waals surface area contributed by atoms with Gasteiger partial charge in [0.1, 0.15) is 5.82 Å². The van der Waals surface area contributed by atoms with Crippen LogP contribution in [0.2, 0.25) is 0 Å². The summed E-state index contributed by atoms with van der Waals surface area (Å²) in [6.07, 6.45) is 4.10. The Morgan fingerprint density at radius 1 is 1.45 bits per heavy atom. The molecule has 0 bridgehead atoms. The quantitative estimate of drug-likeness (QED) is 0.759. The topological polar surface area (TPSA) is 52.6 Å². The van der Waals surface area contributed by atoms with Crippen molar-refractivity contribution in [2.24, 2.45) is 0 Å². The van der Waals surface area contributed by atoms with Gasteiger partial charge in [-0.2, -0.15) is 0 Å². The molecule has 122 valence electrons. The number of aliphatic hydroxyl groups excluding tert-OH is 1. The normalized spacial score (nSPS) is 18.6. The molecule has 1 aromatic carbocycles. The Hall–Kier alpha value is -1.46. The van der Waals surface area contributed by atoms with Crippen molar-refractivity contribution in [3.63, 3.8) is 0 Å². The van der Waals surface area contributed by atoms with E-state index in [-0.39, 0.29) is 18.3 Å². The molecule has 2 rings (SSSR count). The maximum atomic E-state index is 13.2. The van der Waals surface area contributed by atoms with E-state index in [1.807, 2.05) is 0 Å². The number of aryl methyl sites for hydroxylation is 1. The van der Waals surface area contributed by atoms with Gasteiger partial charge >= 0.3 is 0 Å². The summed E-state index contributed by atoms with van der Waals surface area (Å²) in [5.74, 6) is -0.605. The van der Waals surface area contributed by atoms with Gasteiger partial charge in [-0.1, -0.05) is 6.07 Å². The summed E-state index contributed by atoms with van der Waals surface area (Å²) in [6.45, 7) is 4.64. The van der Waals surface area contributed by atoms with Gasteiger partial charge in [-0.3, -0.25) is 9.69 Å². The van der Waals surface area contributed by atoms with Gasteiger partial charge in [0.2, 0.25) is 0 Å². The van der Waals surface area contributed by atoms with E-state index in [9.17, 15) is 14.3 Å². The standard InChI is InChI=1S/C17H25FN2O2/c1-13-6-7-14(18)11-16(13)17(22)19-8-2-3-9-20-10-4-5-15(20)12-21/h6-7,11,15,21H,2-5,8-10,12H2,1H3,(H,19,22). The molecule has 1 unspecified atom stereocenters. The molecule has 5 heteroatoms. The van der Waals surface area contributed by atoms with E-state index in [0.717, 1.165) is 44.3 Å². The molecule has 4 nitrogen and oxygen atoms in total. The maximum absolute atomic E-state index is 13.2. The van der Waals surface area contributed by atoms with Crippen LogP contribution >= 0.6 is 0 Å². The summed E-state index contributed by atoms with van der Waals surface area (Å²) in [5, 5.41) is 12.1. The molecule has 0 spiro atoms. The second kappa shape index (κ2) is 8.25. The smallest absolute Gasteiger partial charge is 0.251 e. The Balaban J connectivity index is 1.68. The molecule has 1 fully saturated rings. The van der Waals surface area contributed by atoms with Crippen LogP contribution in [-0.2, 0) is 0 Å². The highest BCUT2D eigenvalue weighted by Crippen LogP contribution is 2.16. The minimum absolute atomic E-state index is 0.216. The molecular weight excluding hydrogens is 283 g/mol. The van der Waals surface area contributed by atoms with Gasteiger partial charge in [0.15, 0.2) is 0 Å². The first kappa shape index (κ1) is 16.9. The van der Waals surface area contributed by atoms with Gasteiger partial charge in [0.25, 0.3) is 5.91 Å². The Kier molecular flexibility index (Phi) is 6.34. The zero-order chi connectivity index (χ0) is 15.9. The zero-order valence-electron chi connectivity index (χ0n) is 13.1. The number of benzene rings is 1. The van der Waals surface area contributed by atoms with Crippen molar-refractivity contribution in [2.45, 2.75) is 38.6 Å². The number of hydrogen-bond acceptors (Lipinski definition) is 3. The van der Waals surface area contributed by atoms with E-state index < -0.39 is 0 Å². The monoisotopic (exact) mass is 308 g/mol. The van der Waals surface area contributed by atoms with Gasteiger partial charge in [0.05, 0.1) is 6.61 Å². The number of nitrogens with one attached hydrogen (secondary N) is 1. The molecule has 1 atom stereocenters. The third-order valence-electron chi connectivity index (χ3n) is 4.31. The largest absolute Gasteiger partial charge is 0.395 e. The number of nitrogens with zero attached hydrogens (tertiary/aromatic N) is 1. The van der Waals surface area contributed by atoms with Crippen molar-refractivity contribution in [2.75, 3.05) is 26.2 Å². The summed E-state index contributed by atoms with van der Waals surface area (Å²) in [4.78, 5) is 14.3. The number of likely N-dealkylation sites (tertiary alicyclic amines) is 1. The minimum atomic E-state index is -0.389. The predicted molar refractivity (Wildman–Crippen MR) is 84.4 cm³/mol. The number of halogens is 1. The number of amides is 1. The first-order valence-electron chi connectivity index (χ1n) is 8.01. The second-order valence-electron chi connectivity index (χ2n) is 5.94. The van der Waals surface area contributed by atoms with Crippen molar-refractivity contribution in [3.8, 4) is 0 Å². The summed E-state index contributed by atoms with van der Waals surface area (Å²) in [7, 11) is 0. The van der Waals surface area contributed by atoms with Gasteiger partial charge in [-0.15, -0.1) is 0 Å². The van der Waals surface area contributed by atoms with Gasteiger partial charge < -0.3 is 10.4 Å². The summed E-state index contributed by atoms with van der Waals surface area (Å²) in [6, 6.07) is 4.57. The number of carbonyl (C=O) groups is 1. The number of aliphatic hydroxyl groups is 1. The van der Waals surface area contributed by atoms with Crippen LogP contribution in [0.25, 0.3) is 0 Å². The van der Waals surface area contributed by atoms with Crippen LogP contribution in [0.4, 0.5) is 4.39 Å². The van der Waals surface area contributed by atoms with Gasteiger partial charge in [0, 0.05) is 18.2 Å². The Morgan fingerprint density at radius 2 is 2.27 bits per heavy atom. The lowest BCUT2D eigenvalue weighted by atomic mass is 10.1. The molecular formula is C17H25FN2O2. The minimum Gasteiger partial charge on any atom is -0.395 e. The molecule has 0 aliphatic carbocycles. The molecule has 2 N–H and O–H groups in total. The lowest BCUT2D eigenvalue weighted by molar-refractivity contribution is 0.0951. The van der Waals surface area contributed by atoms with Crippen molar-refractivity contribution >= 4 is 5.91 Å². The number of rotatable bonds is 7. The van der Waals surface area contributed by atoms with E-state index in [4.69, 9.17) is 0 Å². The first-order valence-corrected chi connectivity index (χ1v) is 8.01. The van der Waals surface area contributed by atoms with Crippen molar-refractivity contribution < 1.29 is 14.3 Å². The van der Waals surface area contributed by atoms with E-state index in [1.165, 1.54) is 12.1 Å². The molecule has 1 aliphatic heterocycles. The van der Waals surface area contributed by atoms with E-state index in [0.29, 0.717) is 18.2 Å². The molecule has 1 amide bonds. The van der Waals surface area contributed by atoms with Gasteiger partial charge in [-0.05, 0) is 63.4 Å². The Bertz CT molecular complexity index is 507. The number of hydrogen-bond donors (Lipinski definition) is 2. The number of unbranched alkanes of at least 4 members (excludes halogenated alkanes) is 1. The third-order valence-corrected chi connectivity index (χ3v) is 4.31. The fourth-order valence-electron chi connectivity index (χ4n) is 2.97. The zero-order valence-corrected chi connectivity index (χ0v) is 13.1. The molecule has 1 heterocycles. The van der Waals surface area contributed by atoms with Crippen LogP contribution in [0.1, 0.15) is 41.6 Å². The fraction of sp³-hybridized carbons (Fsp3) is 0.588. The highest BCUT2D eigenvalue weighted by molar-refractivity contribution is 5.95. The third kappa shape index (κ3) is 4.52. The van der Waals surface area contributed by atoms with Crippen LogP contribution in [-0.4, -0.2) is 48.2 Å². The fourth-order valence-corrected chi connectivity index (χ4v) is 2.97. The lowest BCUT2D eigenvalue weighted by Gasteiger charge is -2.22. The number of carbonyl (C=O) groups excluding carboxylic acids is 1. The maximum Gasteiger partial charge on any atom is 0.251 e. The molecule has 0 aromatic heterocycles. The van der Waals surface area contributed by atoms with E-state index in [2.05, 4.69) is 10.2 Å². The summed E-state index contributed by atoms with van der Waals surface area (Å²) < 4.78 is 13.2. The predicted octanol–water partition coefficient (Wildman–Crippen LogP) is 2.10. The van der Waals surface area contributed by atoms with Crippen LogP contribution < -0.4 is 5.32 Å². The molecule has 0 saturated carbocycles. The summed E-state index contributed by atoms with van der Waals surface area (Å²) >= 11 is 0. The summed E-state index contributed by atoms with van der Waals surface area (Å²) in [5.41, 5.74) is 1.18. The highest BCUT2D eigenvalue weighted by atomic mass is 19.1. The van der Waals surface area contributed by atoms with Crippen LogP contribution in [0.5, 0.6) is 0 Å². The highest BCUT2D eigenvalue weighted by Gasteiger charge is 2.22. The van der Waals surface area contributed by atoms with E-state index >= 15 is 0 Å². The second-order valence-corrected chi connectivity index (χ2v) is 5.94. The SMILES string of the molecule is Cc1ccc(F)cc1C(=O)NCCCCN1CCCC1CO. The van der Waals surface area contributed by atoms with Crippen LogP contribution in [0, 0.1) is 12.7 Å². The average molecular weight is 308 g/mol. The molecule has 1 aliphatic rings. The Morgan fingerprint density at radius 3 is 3.05 bits per heavy atom. The molecule has 1 aromatic rings. The van der Waals surface area contributed by atoms with Crippen LogP contribution in [0.3, 0.4) is 0 Å². The molecule has 1 saturated heterocycles. The van der Waals surface area contributed by atoms with Gasteiger partial charge in [-0.25, -0.2) is 4.39 Å². The average Bonchev–Trinajstić information content (AvgIpc) is 2.96. The van der Waals surface area contributed by atoms with Crippen molar-refractivity contribution in [3.05, 3.63) is 35.1 Å². The van der Waals surface area contributed by atoms with Crippen molar-refractivity contribution in [1.29, 1.82) is 0 Å². The van der Waals surface area contributed by atoms with Crippen molar-refractivity contribution in [1.82, 2.24) is 10.2 Å². The van der Waals surface area contributed by atoms with E-state index in [1.54, 1.807) is 13.0 Å². The lowest BCUT2D eigenvalue weighted by Crippen LogP contribution is -2.33. The first-order chi connectivity index (χ1) is 10.6. The van der Waals surface area contributed by atoms with Crippen LogP contribution in [0.15, 0.2) is 18.2 Å².